The Labute approximate surface area is 112 Å². The first-order chi connectivity index (χ1) is 9.00. The van der Waals surface area contributed by atoms with Crippen LogP contribution >= 0.6 is 0 Å². The van der Waals surface area contributed by atoms with Gasteiger partial charge in [-0.05, 0) is 19.4 Å². The number of nitrogens with two attached hydrogens (primary N) is 1. The van der Waals surface area contributed by atoms with Crippen LogP contribution < -0.4 is 15.8 Å². The average Bonchev–Trinajstić information content (AvgIpc) is 2.52. The van der Waals surface area contributed by atoms with Gasteiger partial charge < -0.3 is 20.9 Å². The van der Waals surface area contributed by atoms with Crippen LogP contribution in [0.1, 0.15) is 30.6 Å². The molecular weight excluding hydrogens is 244 g/mol. The molecule has 1 aliphatic heterocycles. The van der Waals surface area contributed by atoms with Gasteiger partial charge >= 0.3 is 0 Å². The van der Waals surface area contributed by atoms with Gasteiger partial charge in [-0.1, -0.05) is 18.2 Å². The van der Waals surface area contributed by atoms with Crippen molar-refractivity contribution in [2.75, 3.05) is 6.61 Å². The van der Waals surface area contributed by atoms with E-state index in [2.05, 4.69) is 5.32 Å². The zero-order valence-electron chi connectivity index (χ0n) is 11.2. The Bertz CT molecular complexity index is 474. The van der Waals surface area contributed by atoms with E-state index in [0.29, 0.717) is 24.3 Å². The molecule has 4 N–H and O–H groups in total. The molecule has 0 fully saturated rings. The maximum atomic E-state index is 11.7. The van der Waals surface area contributed by atoms with Crippen molar-refractivity contribution in [3.05, 3.63) is 29.3 Å². The maximum absolute atomic E-state index is 11.7. The van der Waals surface area contributed by atoms with Gasteiger partial charge in [-0.2, -0.15) is 0 Å². The molecule has 1 amide bonds. The van der Waals surface area contributed by atoms with E-state index in [4.69, 9.17) is 10.5 Å². The standard InChI is InChI=1S/C14H20N2O3/c1-8-4-3-5-10-12(17)11(6-7-19-13(8)10)16-14(18)9(2)15/h3-5,9,11-12,17H,6-7,15H2,1-2H3,(H,16,18). The second kappa shape index (κ2) is 5.59. The Hall–Kier alpha value is -1.59. The van der Waals surface area contributed by atoms with Crippen LogP contribution in [0.5, 0.6) is 5.75 Å². The number of fused-ring (bicyclic) bond motifs is 1. The molecule has 0 saturated carbocycles. The lowest BCUT2D eigenvalue weighted by Gasteiger charge is -2.23. The molecule has 0 aromatic heterocycles. The van der Waals surface area contributed by atoms with Gasteiger partial charge in [0.15, 0.2) is 0 Å². The van der Waals surface area contributed by atoms with Crippen LogP contribution in [0.15, 0.2) is 18.2 Å². The van der Waals surface area contributed by atoms with Gasteiger partial charge in [0, 0.05) is 12.0 Å². The van der Waals surface area contributed by atoms with Gasteiger partial charge in [0.05, 0.1) is 18.7 Å². The van der Waals surface area contributed by atoms with Crippen molar-refractivity contribution in [1.82, 2.24) is 5.32 Å². The number of benzene rings is 1. The number of para-hydroxylation sites is 1. The topological polar surface area (TPSA) is 84.6 Å². The summed E-state index contributed by atoms with van der Waals surface area (Å²) < 4.78 is 5.68. The van der Waals surface area contributed by atoms with E-state index < -0.39 is 12.1 Å². The van der Waals surface area contributed by atoms with E-state index in [1.165, 1.54) is 0 Å². The molecule has 19 heavy (non-hydrogen) atoms. The first-order valence-electron chi connectivity index (χ1n) is 6.47. The van der Waals surface area contributed by atoms with Crippen LogP contribution in [0.3, 0.4) is 0 Å². The van der Waals surface area contributed by atoms with Gasteiger partial charge in [-0.25, -0.2) is 0 Å². The molecule has 0 spiro atoms. The monoisotopic (exact) mass is 264 g/mol. The first-order valence-corrected chi connectivity index (χ1v) is 6.47. The lowest BCUT2D eigenvalue weighted by molar-refractivity contribution is -0.123. The van der Waals surface area contributed by atoms with E-state index >= 15 is 0 Å². The highest BCUT2D eigenvalue weighted by molar-refractivity contribution is 5.81. The fraction of sp³-hybridized carbons (Fsp3) is 0.500. The van der Waals surface area contributed by atoms with Crippen molar-refractivity contribution in [1.29, 1.82) is 0 Å². The number of aliphatic hydroxyl groups is 1. The molecule has 3 unspecified atom stereocenters. The SMILES string of the molecule is Cc1cccc2c1OCCC(NC(=O)C(C)N)C2O. The number of carbonyl (C=O) groups is 1. The molecule has 2 rings (SSSR count). The number of hydrogen-bond donors (Lipinski definition) is 3. The van der Waals surface area contributed by atoms with Gasteiger partial charge in [0.25, 0.3) is 0 Å². The maximum Gasteiger partial charge on any atom is 0.236 e. The van der Waals surface area contributed by atoms with Crippen LogP contribution in [-0.2, 0) is 4.79 Å². The lowest BCUT2D eigenvalue weighted by atomic mass is 9.98. The highest BCUT2D eigenvalue weighted by Crippen LogP contribution is 2.34. The van der Waals surface area contributed by atoms with E-state index in [1.807, 2.05) is 25.1 Å². The molecule has 5 nitrogen and oxygen atoms in total. The highest BCUT2D eigenvalue weighted by atomic mass is 16.5. The van der Waals surface area contributed by atoms with Crippen molar-refractivity contribution >= 4 is 5.91 Å². The summed E-state index contributed by atoms with van der Waals surface area (Å²) in [6.45, 7) is 4.01. The second-order valence-electron chi connectivity index (χ2n) is 4.98. The molecule has 0 radical (unpaired) electrons. The molecule has 1 aromatic carbocycles. The van der Waals surface area contributed by atoms with E-state index in [9.17, 15) is 9.90 Å². The Morgan fingerprint density at radius 1 is 1.58 bits per heavy atom. The number of hydrogen-bond acceptors (Lipinski definition) is 4. The Kier molecular flexibility index (Phi) is 4.07. The molecule has 1 aliphatic rings. The number of carbonyl (C=O) groups excluding carboxylic acids is 1. The Morgan fingerprint density at radius 3 is 3.00 bits per heavy atom. The molecule has 0 saturated heterocycles. The molecule has 3 atom stereocenters. The van der Waals surface area contributed by atoms with Gasteiger partial charge in [-0.15, -0.1) is 0 Å². The van der Waals surface area contributed by atoms with Crippen molar-refractivity contribution < 1.29 is 14.6 Å². The number of rotatable bonds is 2. The highest BCUT2D eigenvalue weighted by Gasteiger charge is 2.29. The Balaban J connectivity index is 2.24. The lowest BCUT2D eigenvalue weighted by Crippen LogP contribution is -2.46. The van der Waals surface area contributed by atoms with Crippen molar-refractivity contribution in [3.63, 3.8) is 0 Å². The third kappa shape index (κ3) is 2.88. The summed E-state index contributed by atoms with van der Waals surface area (Å²) in [5.74, 6) is 0.452. The van der Waals surface area contributed by atoms with Gasteiger partial charge in [0.2, 0.25) is 5.91 Å². The molecule has 104 valence electrons. The number of nitrogens with one attached hydrogen (secondary N) is 1. The quantitative estimate of drug-likeness (QED) is 0.732. The number of aliphatic hydroxyl groups excluding tert-OH is 1. The van der Waals surface area contributed by atoms with Crippen LogP contribution in [0, 0.1) is 6.92 Å². The number of amides is 1. The van der Waals surface area contributed by atoms with Crippen LogP contribution in [0.2, 0.25) is 0 Å². The third-order valence-electron chi connectivity index (χ3n) is 3.36. The molecule has 0 aliphatic carbocycles. The molecule has 1 heterocycles. The van der Waals surface area contributed by atoms with E-state index in [1.54, 1.807) is 6.92 Å². The number of ether oxygens (including phenoxy) is 1. The minimum Gasteiger partial charge on any atom is -0.493 e. The Morgan fingerprint density at radius 2 is 2.32 bits per heavy atom. The summed E-state index contributed by atoms with van der Waals surface area (Å²) in [7, 11) is 0. The molecule has 1 aromatic rings. The van der Waals surface area contributed by atoms with E-state index in [-0.39, 0.29) is 11.9 Å². The van der Waals surface area contributed by atoms with Crippen LogP contribution in [-0.4, -0.2) is 29.7 Å². The first kappa shape index (κ1) is 13.8. The van der Waals surface area contributed by atoms with Crippen molar-refractivity contribution in [2.24, 2.45) is 5.73 Å². The minimum atomic E-state index is -0.778. The summed E-state index contributed by atoms with van der Waals surface area (Å²) in [4.78, 5) is 11.7. The summed E-state index contributed by atoms with van der Waals surface area (Å²) in [6, 6.07) is 4.67. The molecule has 5 heteroatoms. The van der Waals surface area contributed by atoms with Crippen molar-refractivity contribution in [2.45, 2.75) is 38.5 Å². The second-order valence-corrected chi connectivity index (χ2v) is 4.98. The summed E-state index contributed by atoms with van der Waals surface area (Å²) in [6.07, 6.45) is -0.228. The predicted octanol–water partition coefficient (Wildman–Crippen LogP) is 0.643. The fourth-order valence-electron chi connectivity index (χ4n) is 2.23. The fourth-order valence-corrected chi connectivity index (χ4v) is 2.23. The van der Waals surface area contributed by atoms with Crippen molar-refractivity contribution in [3.8, 4) is 5.75 Å². The predicted molar refractivity (Wildman–Crippen MR) is 71.8 cm³/mol. The average molecular weight is 264 g/mol. The smallest absolute Gasteiger partial charge is 0.236 e. The van der Waals surface area contributed by atoms with Crippen LogP contribution in [0.25, 0.3) is 0 Å². The van der Waals surface area contributed by atoms with Gasteiger partial charge in [-0.3, -0.25) is 4.79 Å². The normalized spacial score (nSPS) is 23.8. The third-order valence-corrected chi connectivity index (χ3v) is 3.36. The zero-order chi connectivity index (χ0) is 14.0. The van der Waals surface area contributed by atoms with Gasteiger partial charge in [0.1, 0.15) is 11.9 Å². The molecular formula is C14H20N2O3. The zero-order valence-corrected chi connectivity index (χ0v) is 11.2. The summed E-state index contributed by atoms with van der Waals surface area (Å²) >= 11 is 0. The minimum absolute atomic E-state index is 0.264. The number of aryl methyl sites for hydroxylation is 1. The summed E-state index contributed by atoms with van der Waals surface area (Å²) in [5.41, 5.74) is 7.23. The largest absolute Gasteiger partial charge is 0.493 e. The summed E-state index contributed by atoms with van der Waals surface area (Å²) in [5, 5.41) is 13.2. The molecule has 0 bridgehead atoms. The van der Waals surface area contributed by atoms with E-state index in [0.717, 1.165) is 5.56 Å². The van der Waals surface area contributed by atoms with Crippen LogP contribution in [0.4, 0.5) is 0 Å².